The lowest BCUT2D eigenvalue weighted by Gasteiger charge is -2.18. The number of ether oxygens (including phenoxy) is 3. The molecule has 0 N–H and O–H groups in total. The fourth-order valence-corrected chi connectivity index (χ4v) is 6.08. The van der Waals surface area contributed by atoms with Crippen LogP contribution in [-0.2, 0) is 28.6 Å². The molecule has 0 fully saturated rings. The first-order chi connectivity index (χ1) is 23.5. The zero-order valence-electron chi connectivity index (χ0n) is 31.2. The van der Waals surface area contributed by atoms with Crippen molar-refractivity contribution in [1.82, 2.24) is 4.90 Å². The van der Waals surface area contributed by atoms with Gasteiger partial charge >= 0.3 is 17.9 Å². The SMILES string of the molecule is CN(C)CCCC(=O)OC1CCCCCCCC/C=C\CC(=O)OCCCCCCCCCCOC(=O)C/C=C\CCCCCCCC1. The predicted octanol–water partition coefficient (Wildman–Crippen LogP) is 10.6. The van der Waals surface area contributed by atoms with Crippen LogP contribution in [0.15, 0.2) is 24.3 Å². The third-order valence-electron chi connectivity index (χ3n) is 9.05. The third-order valence-corrected chi connectivity index (χ3v) is 9.05. The highest BCUT2D eigenvalue weighted by atomic mass is 16.5. The van der Waals surface area contributed by atoms with Crippen LogP contribution in [-0.4, -0.2) is 62.8 Å². The lowest BCUT2D eigenvalue weighted by molar-refractivity contribution is -0.150. The van der Waals surface area contributed by atoms with Gasteiger partial charge in [0.15, 0.2) is 0 Å². The summed E-state index contributed by atoms with van der Waals surface area (Å²) in [5.74, 6) is -0.293. The molecular formula is C41H73NO6. The van der Waals surface area contributed by atoms with Crippen molar-refractivity contribution in [2.75, 3.05) is 33.9 Å². The number of nitrogens with zero attached hydrogens (tertiary/aromatic N) is 1. The molecule has 0 bridgehead atoms. The second kappa shape index (κ2) is 33.4. The van der Waals surface area contributed by atoms with Crippen molar-refractivity contribution in [3.05, 3.63) is 24.3 Å². The minimum atomic E-state index is -0.126. The largest absolute Gasteiger partial charge is 0.465 e. The smallest absolute Gasteiger partial charge is 0.309 e. The average molecular weight is 676 g/mol. The number of rotatable bonds is 5. The normalized spacial score (nSPS) is 22.1. The maximum atomic E-state index is 12.5. The van der Waals surface area contributed by atoms with E-state index in [1.165, 1.54) is 77.0 Å². The van der Waals surface area contributed by atoms with Crippen molar-refractivity contribution in [2.45, 2.75) is 186 Å². The molecule has 7 nitrogen and oxygen atoms in total. The maximum absolute atomic E-state index is 12.5. The van der Waals surface area contributed by atoms with Crippen LogP contribution in [0.2, 0.25) is 0 Å². The molecule has 0 atom stereocenters. The summed E-state index contributed by atoms with van der Waals surface area (Å²) in [6, 6.07) is 0. The van der Waals surface area contributed by atoms with E-state index < -0.39 is 0 Å². The average Bonchev–Trinajstić information content (AvgIpc) is 3.05. The molecule has 0 saturated heterocycles. The second-order valence-electron chi connectivity index (χ2n) is 14.0. The van der Waals surface area contributed by atoms with Gasteiger partial charge in [0.1, 0.15) is 6.10 Å². The highest BCUT2D eigenvalue weighted by molar-refractivity contribution is 5.71. The Hall–Kier alpha value is -2.15. The van der Waals surface area contributed by atoms with Gasteiger partial charge in [-0.05, 0) is 91.3 Å². The molecule has 0 aromatic heterocycles. The van der Waals surface area contributed by atoms with Crippen molar-refractivity contribution >= 4 is 17.9 Å². The van der Waals surface area contributed by atoms with Crippen LogP contribution in [0.4, 0.5) is 0 Å². The lowest BCUT2D eigenvalue weighted by atomic mass is 10.0. The standard InChI is InChI=1S/C41H73NO6/c1-42(2)35-29-34-41(45)48-38-30-23-17-11-5-3-7-13-19-25-32-39(43)46-36-27-21-15-9-10-16-22-28-37-47-40(44)33-26-20-14-8-4-6-12-18-24-31-38/h19-20,25-26,38H,3-18,21-24,27-37H2,1-2H3/b25-19-,26-20-. The van der Waals surface area contributed by atoms with Crippen LogP contribution >= 0.6 is 0 Å². The first-order valence-electron chi connectivity index (χ1n) is 19.9. The lowest BCUT2D eigenvalue weighted by Crippen LogP contribution is -2.20. The number of esters is 3. The Bertz CT molecular complexity index is 785. The minimum Gasteiger partial charge on any atom is -0.465 e. The Labute approximate surface area is 295 Å². The van der Waals surface area contributed by atoms with E-state index in [-0.39, 0.29) is 24.0 Å². The molecule has 48 heavy (non-hydrogen) atoms. The summed E-state index contributed by atoms with van der Waals surface area (Å²) in [6.07, 6.45) is 37.3. The van der Waals surface area contributed by atoms with E-state index in [0.29, 0.717) is 32.5 Å². The van der Waals surface area contributed by atoms with Gasteiger partial charge in [-0.15, -0.1) is 0 Å². The van der Waals surface area contributed by atoms with E-state index in [2.05, 4.69) is 17.1 Å². The van der Waals surface area contributed by atoms with Gasteiger partial charge in [0.25, 0.3) is 0 Å². The van der Waals surface area contributed by atoms with Crippen LogP contribution in [0.3, 0.4) is 0 Å². The molecule has 0 aromatic rings. The Morgan fingerprint density at radius 3 is 1.44 bits per heavy atom. The number of cyclic esters (lactones) is 2. The van der Waals surface area contributed by atoms with E-state index in [0.717, 1.165) is 90.0 Å². The summed E-state index contributed by atoms with van der Waals surface area (Å²) in [4.78, 5) is 38.6. The van der Waals surface area contributed by atoms with Crippen LogP contribution in [0, 0.1) is 0 Å². The highest BCUT2D eigenvalue weighted by Crippen LogP contribution is 2.18. The zero-order valence-corrected chi connectivity index (χ0v) is 31.2. The van der Waals surface area contributed by atoms with Gasteiger partial charge in [-0.3, -0.25) is 14.4 Å². The number of hydrogen-bond acceptors (Lipinski definition) is 7. The summed E-state index contributed by atoms with van der Waals surface area (Å²) >= 11 is 0. The Morgan fingerprint density at radius 2 is 1.00 bits per heavy atom. The van der Waals surface area contributed by atoms with Crippen LogP contribution in [0.25, 0.3) is 0 Å². The van der Waals surface area contributed by atoms with Crippen molar-refractivity contribution in [1.29, 1.82) is 0 Å². The molecule has 1 heterocycles. The van der Waals surface area contributed by atoms with Gasteiger partial charge in [-0.2, -0.15) is 0 Å². The van der Waals surface area contributed by atoms with E-state index in [1.54, 1.807) is 0 Å². The van der Waals surface area contributed by atoms with Crippen LogP contribution in [0.5, 0.6) is 0 Å². The Balaban J connectivity index is 2.42. The van der Waals surface area contributed by atoms with E-state index in [9.17, 15) is 14.4 Å². The van der Waals surface area contributed by atoms with Gasteiger partial charge < -0.3 is 19.1 Å². The number of carbonyl (C=O) groups is 3. The number of hydrogen-bond donors (Lipinski definition) is 0. The molecule has 1 aliphatic rings. The quantitative estimate of drug-likeness (QED) is 0.163. The van der Waals surface area contributed by atoms with Crippen molar-refractivity contribution in [3.8, 4) is 0 Å². The summed E-state index contributed by atoms with van der Waals surface area (Å²) in [5, 5.41) is 0. The molecular weight excluding hydrogens is 602 g/mol. The Kier molecular flexibility index (Phi) is 30.5. The highest BCUT2D eigenvalue weighted by Gasteiger charge is 2.14. The first-order valence-corrected chi connectivity index (χ1v) is 19.9. The third kappa shape index (κ3) is 31.1. The molecule has 278 valence electrons. The van der Waals surface area contributed by atoms with Gasteiger partial charge in [-0.1, -0.05) is 114 Å². The second-order valence-corrected chi connectivity index (χ2v) is 14.0. The fourth-order valence-electron chi connectivity index (χ4n) is 6.08. The summed E-state index contributed by atoms with van der Waals surface area (Å²) in [5.41, 5.74) is 0. The molecule has 0 saturated carbocycles. The van der Waals surface area contributed by atoms with E-state index >= 15 is 0 Å². The topological polar surface area (TPSA) is 82.1 Å². The van der Waals surface area contributed by atoms with Gasteiger partial charge in [0.05, 0.1) is 26.1 Å². The van der Waals surface area contributed by atoms with Gasteiger partial charge in [-0.25, -0.2) is 0 Å². The monoisotopic (exact) mass is 676 g/mol. The zero-order chi connectivity index (χ0) is 34.8. The predicted molar refractivity (Wildman–Crippen MR) is 198 cm³/mol. The maximum Gasteiger partial charge on any atom is 0.309 e. The Morgan fingerprint density at radius 1 is 0.604 bits per heavy atom. The van der Waals surface area contributed by atoms with E-state index in [4.69, 9.17) is 14.2 Å². The summed E-state index contributed by atoms with van der Waals surface area (Å²) < 4.78 is 16.7. The van der Waals surface area contributed by atoms with E-state index in [1.807, 2.05) is 26.2 Å². The van der Waals surface area contributed by atoms with Crippen molar-refractivity contribution in [3.63, 3.8) is 0 Å². The van der Waals surface area contributed by atoms with Gasteiger partial charge in [0.2, 0.25) is 0 Å². The molecule has 0 aromatic carbocycles. The van der Waals surface area contributed by atoms with Crippen molar-refractivity contribution < 1.29 is 28.6 Å². The van der Waals surface area contributed by atoms with Crippen molar-refractivity contribution in [2.24, 2.45) is 0 Å². The fraction of sp³-hybridized carbons (Fsp3) is 0.829. The van der Waals surface area contributed by atoms with Gasteiger partial charge in [0, 0.05) is 6.42 Å². The molecule has 7 heteroatoms. The molecule has 0 unspecified atom stereocenters. The first kappa shape index (κ1) is 43.9. The molecule has 0 spiro atoms. The molecule has 0 aliphatic carbocycles. The molecule has 0 amide bonds. The minimum absolute atomic E-state index is 0.0417. The summed E-state index contributed by atoms with van der Waals surface area (Å²) in [7, 11) is 4.07. The number of carbonyl (C=O) groups excluding carboxylic acids is 3. The van der Waals surface area contributed by atoms with Crippen LogP contribution < -0.4 is 0 Å². The number of allylic oxidation sites excluding steroid dienone is 2. The van der Waals surface area contributed by atoms with Crippen LogP contribution in [0.1, 0.15) is 180 Å². The molecule has 1 rings (SSSR count). The molecule has 1 aliphatic heterocycles. The summed E-state index contributed by atoms with van der Waals surface area (Å²) in [6.45, 7) is 1.95. The molecule has 0 radical (unpaired) electrons.